The zero-order valence-electron chi connectivity index (χ0n) is 41.9. The first-order valence-corrected chi connectivity index (χ1v) is 31.1. The summed E-state index contributed by atoms with van der Waals surface area (Å²) in [6, 6.07) is 9.31. The van der Waals surface area contributed by atoms with E-state index in [0.717, 1.165) is 12.1 Å². The average Bonchev–Trinajstić information content (AvgIpc) is 3.70. The van der Waals surface area contributed by atoms with Crippen molar-refractivity contribution in [3.63, 3.8) is 0 Å². The van der Waals surface area contributed by atoms with E-state index in [4.69, 9.17) is 14.2 Å². The Kier molecular flexibility index (Phi) is 18.6. The predicted molar refractivity (Wildman–Crippen MR) is 279 cm³/mol. The van der Waals surface area contributed by atoms with Crippen LogP contribution in [-0.2, 0) is 80.4 Å². The number of aliphatic carboxylic acids is 1. The Morgan fingerprint density at radius 2 is 1.26 bits per heavy atom. The molecule has 0 aliphatic carbocycles. The second-order valence-electron chi connectivity index (χ2n) is 18.6. The van der Waals surface area contributed by atoms with E-state index in [1.165, 1.54) is 25.3 Å². The van der Waals surface area contributed by atoms with Gasteiger partial charge in [-0.3, -0.25) is 23.0 Å². The summed E-state index contributed by atoms with van der Waals surface area (Å²) < 4.78 is 197. The number of hydrogen-bond donors (Lipinski definition) is 5. The highest BCUT2D eigenvalue weighted by atomic mass is 32.2. The fourth-order valence-electron chi connectivity index (χ4n) is 10.2. The van der Waals surface area contributed by atoms with E-state index in [9.17, 15) is 74.8 Å². The van der Waals surface area contributed by atoms with Crippen molar-refractivity contribution < 1.29 is 93.5 Å². The topological polar surface area (TPSA) is 346 Å². The van der Waals surface area contributed by atoms with Gasteiger partial charge in [0.1, 0.15) is 21.6 Å². The highest BCUT2D eigenvalue weighted by Gasteiger charge is 2.49. The normalized spacial score (nSPS) is 19.1. The van der Waals surface area contributed by atoms with Crippen LogP contribution in [-0.4, -0.2) is 145 Å². The zero-order valence-corrected chi connectivity index (χ0v) is 46.0. The lowest BCUT2D eigenvalue weighted by Crippen LogP contribution is -2.32. The molecule has 22 nitrogen and oxygen atoms in total. The van der Waals surface area contributed by atoms with Crippen LogP contribution in [0, 0.1) is 0 Å². The molecule has 5 N–H and O–H groups in total. The van der Waals surface area contributed by atoms with Gasteiger partial charge in [0.2, 0.25) is 5.69 Å². The van der Waals surface area contributed by atoms with E-state index in [2.05, 4.69) is 0 Å². The van der Waals surface area contributed by atoms with Crippen molar-refractivity contribution in [3.8, 4) is 0 Å². The van der Waals surface area contributed by atoms with Crippen LogP contribution in [0.1, 0.15) is 76.8 Å². The Bertz CT molecular complexity index is 3630. The number of benzene rings is 4. The van der Waals surface area contributed by atoms with Crippen LogP contribution >= 0.6 is 0 Å². The van der Waals surface area contributed by atoms with Crippen LogP contribution in [0.2, 0.25) is 0 Å². The molecular weight excluding hydrogens is 1100 g/mol. The molecule has 2 aliphatic rings. The number of unbranched alkanes of at least 4 members (excludes halogenated alkanes) is 2. The average molecular weight is 1160 g/mol. The number of carbonyl (C=O) groups is 1. The van der Waals surface area contributed by atoms with Crippen molar-refractivity contribution in [1.82, 2.24) is 0 Å². The van der Waals surface area contributed by atoms with E-state index >= 15 is 0 Å². The van der Waals surface area contributed by atoms with Crippen molar-refractivity contribution in [2.75, 3.05) is 63.9 Å². The Balaban J connectivity index is 1.53. The standard InChI is InChI=1S/C49H60N2O20S5/c1-5-50-39-18-16-35-37(29-33(73(57,58)59)31-41(35)75(63,64)65)46(39)49(3,21-23-70-26-27-71-25-24-69-4)43(50)13-8-6-9-14-44-48(2,20-12-28-72(54,55)56)47-38-30-34(74(60,61)62)32-42(76(66,67)68)36(38)17-19-40(47)51(44)22-11-7-10-15-45(52)53/h6,8-9,13-14,16-19,29-32H,5,7,10-12,15,20-28H2,1-4H3,(H5-,52,53,54,55,56,57,58,59,60,61,62,63,64,65,66,67,68). The molecule has 2 unspecified atom stereocenters. The third-order valence-corrected chi connectivity index (χ3v) is 17.8. The maximum absolute atomic E-state index is 12.8. The molecule has 0 spiro atoms. The van der Waals surface area contributed by atoms with E-state index in [-0.39, 0.29) is 79.2 Å². The molecule has 2 aliphatic heterocycles. The van der Waals surface area contributed by atoms with Crippen LogP contribution in [0.25, 0.3) is 21.5 Å². The zero-order chi connectivity index (χ0) is 56.2. The van der Waals surface area contributed by atoms with Crippen LogP contribution in [0.5, 0.6) is 0 Å². The molecule has 0 amide bonds. The molecule has 2 heterocycles. The molecule has 0 aromatic heterocycles. The maximum atomic E-state index is 12.8. The first-order valence-electron chi connectivity index (χ1n) is 23.8. The first-order chi connectivity index (χ1) is 35.4. The summed E-state index contributed by atoms with van der Waals surface area (Å²) in [5.74, 6) is -1.70. The van der Waals surface area contributed by atoms with Gasteiger partial charge in [-0.2, -0.15) is 38.2 Å². The van der Waals surface area contributed by atoms with Gasteiger partial charge in [-0.25, -0.2) is 8.42 Å². The van der Waals surface area contributed by atoms with E-state index in [0.29, 0.717) is 79.5 Å². The fourth-order valence-corrected chi connectivity index (χ4v) is 13.4. The SMILES string of the molecule is CCN1C(=CC=CC=CC2=[N+](CCCCCC(=O)O)c3ccc4c(S(=O)(=O)[O-])cc(S(=O)(=O)O)cc4c3C2(C)CCCS(=O)(=O)O)C(C)(CCOCCOCCOC)c2c1ccc1c(S(=O)(=O)O)cc(S(=O)(=O)O)cc21. The van der Waals surface area contributed by atoms with Gasteiger partial charge in [0.05, 0.1) is 52.3 Å². The van der Waals surface area contributed by atoms with E-state index < -0.39 is 92.7 Å². The largest absolute Gasteiger partial charge is 0.744 e. The highest BCUT2D eigenvalue weighted by Crippen LogP contribution is 2.54. The molecule has 0 saturated carbocycles. The summed E-state index contributed by atoms with van der Waals surface area (Å²) in [6.07, 6.45) is 9.48. The fraction of sp³-hybridized carbons (Fsp3) is 0.429. The summed E-state index contributed by atoms with van der Waals surface area (Å²) in [6.45, 7) is 7.19. The Morgan fingerprint density at radius 1 is 0.671 bits per heavy atom. The van der Waals surface area contributed by atoms with Gasteiger partial charge in [-0.15, -0.1) is 0 Å². The minimum absolute atomic E-state index is 0.0170. The highest BCUT2D eigenvalue weighted by molar-refractivity contribution is 7.87. The van der Waals surface area contributed by atoms with Crippen molar-refractivity contribution >= 4 is 95.2 Å². The Hall–Kier alpha value is -5.01. The molecule has 416 valence electrons. The number of hydrogen-bond acceptors (Lipinski definition) is 16. The molecule has 27 heteroatoms. The van der Waals surface area contributed by atoms with Crippen molar-refractivity contribution in [2.24, 2.45) is 0 Å². The lowest BCUT2D eigenvalue weighted by molar-refractivity contribution is -0.438. The van der Waals surface area contributed by atoms with E-state index in [1.54, 1.807) is 43.4 Å². The number of carboxylic acids is 1. The minimum Gasteiger partial charge on any atom is -0.744 e. The molecule has 4 aromatic carbocycles. The van der Waals surface area contributed by atoms with Crippen molar-refractivity contribution in [3.05, 3.63) is 95.7 Å². The summed E-state index contributed by atoms with van der Waals surface area (Å²) in [7, 11) is -23.5. The number of nitrogens with zero attached hydrogens (tertiary/aromatic N) is 2. The summed E-state index contributed by atoms with van der Waals surface area (Å²) in [5.41, 5.74) is 0.371. The predicted octanol–water partition coefficient (Wildman–Crippen LogP) is 6.17. The number of methoxy groups -OCH3 is 1. The number of rotatable bonds is 27. The summed E-state index contributed by atoms with van der Waals surface area (Å²) in [5, 5.41) is 9.14. The molecule has 4 aromatic rings. The number of ether oxygens (including phenoxy) is 3. The molecular formula is C49H60N2O20S5. The van der Waals surface area contributed by atoms with Crippen LogP contribution in [0.15, 0.2) is 104 Å². The smallest absolute Gasteiger partial charge is 0.303 e. The lowest BCUT2D eigenvalue weighted by Gasteiger charge is -2.30. The van der Waals surface area contributed by atoms with Gasteiger partial charge in [-0.1, -0.05) is 24.3 Å². The summed E-state index contributed by atoms with van der Waals surface area (Å²) in [4.78, 5) is 9.93. The van der Waals surface area contributed by atoms with Gasteiger partial charge in [0.15, 0.2) is 5.71 Å². The number of anilines is 1. The maximum Gasteiger partial charge on any atom is 0.303 e. The number of allylic oxidation sites excluding steroid dienone is 6. The minimum atomic E-state index is -5.38. The number of likely N-dealkylation sites (N-methyl/N-ethyl adjacent to an activating group) is 1. The third kappa shape index (κ3) is 13.4. The van der Waals surface area contributed by atoms with Crippen molar-refractivity contribution in [1.29, 1.82) is 0 Å². The molecule has 0 fully saturated rings. The van der Waals surface area contributed by atoms with Crippen molar-refractivity contribution in [2.45, 2.75) is 96.1 Å². The van der Waals surface area contributed by atoms with Gasteiger partial charge in [0, 0.05) is 78.4 Å². The first kappa shape index (κ1) is 60.2. The number of fused-ring (bicyclic) bond motifs is 6. The second kappa shape index (κ2) is 23.5. The quantitative estimate of drug-likeness (QED) is 0.0193. The lowest BCUT2D eigenvalue weighted by atomic mass is 9.74. The Labute approximate surface area is 442 Å². The summed E-state index contributed by atoms with van der Waals surface area (Å²) >= 11 is 0. The van der Waals surface area contributed by atoms with Gasteiger partial charge in [-0.05, 0) is 112 Å². The van der Waals surface area contributed by atoms with Gasteiger partial charge < -0.3 is 28.8 Å². The molecule has 0 bridgehead atoms. The third-order valence-electron chi connectivity index (χ3n) is 13.6. The molecule has 0 radical (unpaired) electrons. The second-order valence-corrected chi connectivity index (χ2v) is 25.8. The van der Waals surface area contributed by atoms with Gasteiger partial charge >= 0.3 is 5.97 Å². The Morgan fingerprint density at radius 3 is 1.84 bits per heavy atom. The molecule has 2 atom stereocenters. The monoisotopic (exact) mass is 1160 g/mol. The van der Waals surface area contributed by atoms with Crippen LogP contribution < -0.4 is 4.90 Å². The van der Waals surface area contributed by atoms with Crippen LogP contribution in [0.4, 0.5) is 11.4 Å². The number of carboxylic acid groups (broad SMARTS) is 1. The molecule has 0 saturated heterocycles. The van der Waals surface area contributed by atoms with E-state index in [1.807, 2.05) is 23.3 Å². The van der Waals surface area contributed by atoms with Crippen LogP contribution in [0.3, 0.4) is 0 Å². The molecule has 6 rings (SSSR count). The molecule has 76 heavy (non-hydrogen) atoms. The van der Waals surface area contributed by atoms with Gasteiger partial charge in [0.25, 0.3) is 40.5 Å².